The quantitative estimate of drug-likeness (QED) is 0.418. The first-order valence-electron chi connectivity index (χ1n) is 9.97. The molecule has 0 aliphatic carbocycles. The lowest BCUT2D eigenvalue weighted by Crippen LogP contribution is -2.10. The highest BCUT2D eigenvalue weighted by atomic mass is 16.5. The zero-order valence-electron chi connectivity index (χ0n) is 17.3. The lowest BCUT2D eigenvalue weighted by atomic mass is 10.1. The Bertz CT molecular complexity index is 1300. The van der Waals surface area contributed by atoms with Crippen molar-refractivity contribution in [2.45, 2.75) is 33.2 Å². The van der Waals surface area contributed by atoms with Gasteiger partial charge in [0.25, 0.3) is 0 Å². The summed E-state index contributed by atoms with van der Waals surface area (Å²) in [5, 5.41) is 9.80. The van der Waals surface area contributed by atoms with Crippen LogP contribution in [-0.2, 0) is 18.0 Å². The van der Waals surface area contributed by atoms with Crippen molar-refractivity contribution in [2.24, 2.45) is 0 Å². The molecule has 4 rings (SSSR count). The van der Waals surface area contributed by atoms with Gasteiger partial charge in [0.2, 0.25) is 5.43 Å². The highest BCUT2D eigenvalue weighted by Gasteiger charge is 2.16. The second kappa shape index (κ2) is 8.62. The van der Waals surface area contributed by atoms with Gasteiger partial charge in [-0.1, -0.05) is 30.3 Å². The Hall–Kier alpha value is -3.64. The molecule has 31 heavy (non-hydrogen) atoms. The molecule has 0 radical (unpaired) electrons. The fraction of sp³-hybridized carbons (Fsp3) is 0.200. The lowest BCUT2D eigenvalue weighted by Gasteiger charge is -2.14. The minimum absolute atomic E-state index is 0.0279. The van der Waals surface area contributed by atoms with Gasteiger partial charge in [0.1, 0.15) is 5.58 Å². The van der Waals surface area contributed by atoms with E-state index in [9.17, 15) is 14.7 Å². The van der Waals surface area contributed by atoms with Crippen LogP contribution in [0.2, 0.25) is 0 Å². The summed E-state index contributed by atoms with van der Waals surface area (Å²) in [6.07, 6.45) is -0.126. The zero-order chi connectivity index (χ0) is 22.0. The second-order valence-corrected chi connectivity index (χ2v) is 7.56. The summed E-state index contributed by atoms with van der Waals surface area (Å²) in [5.41, 5.74) is 2.18. The van der Waals surface area contributed by atoms with Crippen LogP contribution in [-0.4, -0.2) is 17.2 Å². The van der Waals surface area contributed by atoms with E-state index >= 15 is 0 Å². The maximum Gasteiger partial charge on any atom is 0.335 e. The summed E-state index contributed by atoms with van der Waals surface area (Å²) < 4.78 is 17.7. The Labute approximate surface area is 178 Å². The van der Waals surface area contributed by atoms with Gasteiger partial charge >= 0.3 is 5.97 Å². The van der Waals surface area contributed by atoms with Crippen LogP contribution < -0.4 is 10.2 Å². The average molecular weight is 418 g/mol. The molecule has 0 saturated heterocycles. The van der Waals surface area contributed by atoms with Gasteiger partial charge in [-0.3, -0.25) is 4.79 Å². The largest absolute Gasteiger partial charge is 0.487 e. The van der Waals surface area contributed by atoms with Crippen molar-refractivity contribution in [2.75, 3.05) is 0 Å². The Morgan fingerprint density at radius 1 is 0.968 bits per heavy atom. The van der Waals surface area contributed by atoms with Crippen LogP contribution in [0.15, 0.2) is 69.9 Å². The number of carboxylic acid groups (broad SMARTS) is 1. The molecule has 0 amide bonds. The molecule has 0 spiro atoms. The molecule has 1 heterocycles. The van der Waals surface area contributed by atoms with E-state index in [-0.39, 0.29) is 29.1 Å². The lowest BCUT2D eigenvalue weighted by molar-refractivity contribution is 0.0697. The molecule has 0 unspecified atom stereocenters. The van der Waals surface area contributed by atoms with Gasteiger partial charge in [-0.2, -0.15) is 0 Å². The van der Waals surface area contributed by atoms with E-state index in [0.29, 0.717) is 28.9 Å². The third-order valence-corrected chi connectivity index (χ3v) is 4.79. The third kappa shape index (κ3) is 4.44. The standard InChI is InChI=1S/C25H22O6/c1-15(2)30-22-11-17(14-29-13-16-6-4-3-5-7-16)10-20-23(26)19-12-18(25(27)28)8-9-21(19)31-24(20)22/h3-12,15H,13-14H2,1-2H3,(H,27,28). The van der Waals surface area contributed by atoms with Crippen molar-refractivity contribution in [1.82, 2.24) is 0 Å². The highest BCUT2D eigenvalue weighted by molar-refractivity contribution is 5.97. The van der Waals surface area contributed by atoms with Crippen LogP contribution >= 0.6 is 0 Å². The first-order chi connectivity index (χ1) is 14.9. The van der Waals surface area contributed by atoms with E-state index < -0.39 is 5.97 Å². The molecule has 3 aromatic carbocycles. The van der Waals surface area contributed by atoms with E-state index in [1.165, 1.54) is 18.2 Å². The third-order valence-electron chi connectivity index (χ3n) is 4.79. The van der Waals surface area contributed by atoms with E-state index in [0.717, 1.165) is 11.1 Å². The smallest absolute Gasteiger partial charge is 0.335 e. The number of benzene rings is 3. The number of fused-ring (bicyclic) bond motifs is 2. The topological polar surface area (TPSA) is 86.0 Å². The first-order valence-corrected chi connectivity index (χ1v) is 9.97. The minimum Gasteiger partial charge on any atom is -0.487 e. The minimum atomic E-state index is -1.10. The summed E-state index contributed by atoms with van der Waals surface area (Å²) in [6, 6.07) is 17.6. The molecule has 0 fully saturated rings. The van der Waals surface area contributed by atoms with Crippen molar-refractivity contribution in [3.8, 4) is 5.75 Å². The van der Waals surface area contributed by atoms with Crippen LogP contribution in [0.5, 0.6) is 5.75 Å². The molecular formula is C25H22O6. The van der Waals surface area contributed by atoms with E-state index in [2.05, 4.69) is 0 Å². The Morgan fingerprint density at radius 3 is 2.42 bits per heavy atom. The number of carbonyl (C=O) groups is 1. The molecule has 0 aliphatic heterocycles. The molecule has 0 atom stereocenters. The molecule has 158 valence electrons. The summed E-state index contributed by atoms with van der Waals surface area (Å²) in [6.45, 7) is 4.50. The fourth-order valence-electron chi connectivity index (χ4n) is 3.40. The summed E-state index contributed by atoms with van der Waals surface area (Å²) in [7, 11) is 0. The molecular weight excluding hydrogens is 396 g/mol. The van der Waals surface area contributed by atoms with Crippen molar-refractivity contribution in [3.05, 3.63) is 87.6 Å². The van der Waals surface area contributed by atoms with Crippen molar-refractivity contribution >= 4 is 27.9 Å². The molecule has 6 nitrogen and oxygen atoms in total. The average Bonchev–Trinajstić information content (AvgIpc) is 2.75. The first kappa shape index (κ1) is 20.6. The number of carboxylic acids is 1. The highest BCUT2D eigenvalue weighted by Crippen LogP contribution is 2.30. The predicted molar refractivity (Wildman–Crippen MR) is 118 cm³/mol. The van der Waals surface area contributed by atoms with Crippen molar-refractivity contribution < 1.29 is 23.8 Å². The van der Waals surface area contributed by atoms with Crippen molar-refractivity contribution in [1.29, 1.82) is 0 Å². The maximum atomic E-state index is 13.2. The van der Waals surface area contributed by atoms with Gasteiger partial charge in [-0.05, 0) is 55.3 Å². The van der Waals surface area contributed by atoms with Crippen LogP contribution in [0.3, 0.4) is 0 Å². The predicted octanol–water partition coefficient (Wildman–Crippen LogP) is 5.15. The van der Waals surface area contributed by atoms with Gasteiger partial charge in [0.15, 0.2) is 11.3 Å². The molecule has 4 aromatic rings. The van der Waals surface area contributed by atoms with Gasteiger partial charge in [-0.15, -0.1) is 0 Å². The van der Waals surface area contributed by atoms with Gasteiger partial charge in [0, 0.05) is 0 Å². The van der Waals surface area contributed by atoms with Crippen molar-refractivity contribution in [3.63, 3.8) is 0 Å². The monoisotopic (exact) mass is 418 g/mol. The SMILES string of the molecule is CC(C)Oc1cc(COCc2ccccc2)cc2c(=O)c3cc(C(=O)O)ccc3oc12. The van der Waals surface area contributed by atoms with Gasteiger partial charge in [0.05, 0.1) is 35.7 Å². The summed E-state index contributed by atoms with van der Waals surface area (Å²) in [5.74, 6) is -0.652. The fourth-order valence-corrected chi connectivity index (χ4v) is 3.40. The van der Waals surface area contributed by atoms with Gasteiger partial charge < -0.3 is 19.0 Å². The van der Waals surface area contributed by atoms with E-state index in [1.54, 1.807) is 6.07 Å². The maximum absolute atomic E-state index is 13.2. The van der Waals surface area contributed by atoms with Crippen LogP contribution in [0.4, 0.5) is 0 Å². The number of ether oxygens (including phenoxy) is 2. The normalized spacial score (nSPS) is 11.3. The van der Waals surface area contributed by atoms with E-state index in [1.807, 2.05) is 50.2 Å². The number of aromatic carboxylic acids is 1. The molecule has 0 aliphatic rings. The Kier molecular flexibility index (Phi) is 5.73. The van der Waals surface area contributed by atoms with E-state index in [4.69, 9.17) is 13.9 Å². The second-order valence-electron chi connectivity index (χ2n) is 7.56. The van der Waals surface area contributed by atoms with Gasteiger partial charge in [-0.25, -0.2) is 4.79 Å². The zero-order valence-corrected chi connectivity index (χ0v) is 17.3. The van der Waals surface area contributed by atoms with Crippen LogP contribution in [0, 0.1) is 0 Å². The number of hydrogen-bond acceptors (Lipinski definition) is 5. The van der Waals surface area contributed by atoms with Crippen LogP contribution in [0.1, 0.15) is 35.3 Å². The van der Waals surface area contributed by atoms with Crippen LogP contribution in [0.25, 0.3) is 21.9 Å². The molecule has 6 heteroatoms. The number of hydrogen-bond donors (Lipinski definition) is 1. The molecule has 1 N–H and O–H groups in total. The molecule has 0 saturated carbocycles. The Balaban J connectivity index is 1.78. The molecule has 0 bridgehead atoms. The summed E-state index contributed by atoms with van der Waals surface area (Å²) >= 11 is 0. The summed E-state index contributed by atoms with van der Waals surface area (Å²) in [4.78, 5) is 24.5. The Morgan fingerprint density at radius 2 is 1.71 bits per heavy atom. The molecule has 1 aromatic heterocycles. The number of rotatable bonds is 7.